The lowest BCUT2D eigenvalue weighted by Gasteiger charge is -2.27. The van der Waals surface area contributed by atoms with Crippen molar-refractivity contribution < 1.29 is 4.74 Å². The van der Waals surface area contributed by atoms with E-state index < -0.39 is 0 Å². The second kappa shape index (κ2) is 7.47. The van der Waals surface area contributed by atoms with Gasteiger partial charge in [-0.2, -0.15) is 0 Å². The Balaban J connectivity index is 1.69. The first-order chi connectivity index (χ1) is 11.2. The minimum atomic E-state index is 0.204. The zero-order valence-corrected chi connectivity index (χ0v) is 14.0. The second-order valence-electron chi connectivity index (χ2n) is 6.36. The first-order valence-electron chi connectivity index (χ1n) is 8.44. The average molecular weight is 307 g/mol. The van der Waals surface area contributed by atoms with Gasteiger partial charge in [-0.1, -0.05) is 54.6 Å². The van der Waals surface area contributed by atoms with Crippen molar-refractivity contribution in [2.75, 3.05) is 13.1 Å². The van der Waals surface area contributed by atoms with Crippen LogP contribution in [0.3, 0.4) is 0 Å². The summed E-state index contributed by atoms with van der Waals surface area (Å²) in [5.74, 6) is 1.00. The monoisotopic (exact) mass is 307 g/mol. The Bertz CT molecular complexity index is 661. The topological polar surface area (TPSA) is 12.5 Å². The first-order valence-corrected chi connectivity index (χ1v) is 8.44. The predicted octanol–water partition coefficient (Wildman–Crippen LogP) is 4.76. The maximum absolute atomic E-state index is 5.97. The van der Waals surface area contributed by atoms with Crippen LogP contribution in [0.1, 0.15) is 31.4 Å². The molecule has 0 fully saturated rings. The second-order valence-corrected chi connectivity index (χ2v) is 6.36. The zero-order valence-electron chi connectivity index (χ0n) is 14.0. The summed E-state index contributed by atoms with van der Waals surface area (Å²) in [5.41, 5.74) is 4.04. The third-order valence-corrected chi connectivity index (χ3v) is 4.14. The van der Waals surface area contributed by atoms with Crippen LogP contribution in [0, 0.1) is 0 Å². The molecule has 1 heterocycles. The van der Waals surface area contributed by atoms with Gasteiger partial charge in [0.2, 0.25) is 0 Å². The van der Waals surface area contributed by atoms with E-state index in [1.807, 2.05) is 6.07 Å². The van der Waals surface area contributed by atoms with Crippen LogP contribution in [0.4, 0.5) is 0 Å². The van der Waals surface area contributed by atoms with Crippen LogP contribution in [0.2, 0.25) is 0 Å². The minimum Gasteiger partial charge on any atom is -0.490 e. The Morgan fingerprint density at radius 2 is 1.74 bits per heavy atom. The molecule has 0 bridgehead atoms. The molecular formula is C21H25NO. The van der Waals surface area contributed by atoms with Gasteiger partial charge in [0.25, 0.3) is 0 Å². The Morgan fingerprint density at radius 1 is 1.00 bits per heavy atom. The smallest absolute Gasteiger partial charge is 0.127 e. The lowest BCUT2D eigenvalue weighted by atomic mass is 9.98. The summed E-state index contributed by atoms with van der Waals surface area (Å²) in [6.07, 6.45) is 3.63. The van der Waals surface area contributed by atoms with Gasteiger partial charge in [0.1, 0.15) is 5.75 Å². The van der Waals surface area contributed by atoms with Gasteiger partial charge in [-0.15, -0.1) is 0 Å². The van der Waals surface area contributed by atoms with Crippen molar-refractivity contribution >= 4 is 5.57 Å². The lowest BCUT2D eigenvalue weighted by molar-refractivity contribution is 0.241. The molecule has 0 atom stereocenters. The summed E-state index contributed by atoms with van der Waals surface area (Å²) < 4.78 is 5.97. The molecule has 2 heteroatoms. The molecule has 0 aliphatic carbocycles. The Hall–Kier alpha value is -2.06. The fourth-order valence-corrected chi connectivity index (χ4v) is 3.03. The predicted molar refractivity (Wildman–Crippen MR) is 96.5 cm³/mol. The van der Waals surface area contributed by atoms with Crippen LogP contribution in [-0.4, -0.2) is 24.1 Å². The standard InChI is InChI=1S/C21H25NO/c1-17(2)23-21-11-7-6-10-20(21)19-12-14-22(15-13-19)16-18-8-4-3-5-9-18/h3-12,17H,13-16H2,1-2H3. The molecule has 3 rings (SSSR count). The van der Waals surface area contributed by atoms with Gasteiger partial charge in [0, 0.05) is 25.2 Å². The van der Waals surface area contributed by atoms with E-state index in [2.05, 4.69) is 73.4 Å². The van der Waals surface area contributed by atoms with Crippen LogP contribution in [0.5, 0.6) is 5.75 Å². The molecule has 2 aromatic rings. The summed E-state index contributed by atoms with van der Waals surface area (Å²) in [6.45, 7) is 7.27. The van der Waals surface area contributed by atoms with Crippen molar-refractivity contribution in [2.45, 2.75) is 32.9 Å². The lowest BCUT2D eigenvalue weighted by Crippen LogP contribution is -2.28. The largest absolute Gasteiger partial charge is 0.490 e. The highest BCUT2D eigenvalue weighted by molar-refractivity contribution is 5.71. The Labute approximate surface area is 139 Å². The highest BCUT2D eigenvalue weighted by atomic mass is 16.5. The molecule has 1 aliphatic rings. The quantitative estimate of drug-likeness (QED) is 0.789. The molecule has 2 nitrogen and oxygen atoms in total. The molecule has 0 radical (unpaired) electrons. The molecule has 0 saturated heterocycles. The highest BCUT2D eigenvalue weighted by Gasteiger charge is 2.16. The summed E-state index contributed by atoms with van der Waals surface area (Å²) in [6, 6.07) is 19.1. The van der Waals surface area contributed by atoms with E-state index in [-0.39, 0.29) is 6.10 Å². The van der Waals surface area contributed by atoms with Gasteiger partial charge in [-0.05, 0) is 37.5 Å². The molecule has 120 valence electrons. The van der Waals surface area contributed by atoms with Crippen molar-refractivity contribution in [3.63, 3.8) is 0 Å². The van der Waals surface area contributed by atoms with Crippen molar-refractivity contribution in [1.29, 1.82) is 0 Å². The molecule has 0 amide bonds. The van der Waals surface area contributed by atoms with E-state index in [0.717, 1.165) is 31.8 Å². The summed E-state index contributed by atoms with van der Waals surface area (Å²) >= 11 is 0. The molecule has 0 aromatic heterocycles. The van der Waals surface area contributed by atoms with Crippen LogP contribution in [-0.2, 0) is 6.54 Å². The van der Waals surface area contributed by atoms with Gasteiger partial charge in [0.15, 0.2) is 0 Å². The molecule has 0 N–H and O–H groups in total. The van der Waals surface area contributed by atoms with E-state index in [4.69, 9.17) is 4.74 Å². The van der Waals surface area contributed by atoms with Crippen molar-refractivity contribution in [3.05, 3.63) is 71.8 Å². The van der Waals surface area contributed by atoms with Gasteiger partial charge in [-0.3, -0.25) is 4.90 Å². The maximum Gasteiger partial charge on any atom is 0.127 e. The van der Waals surface area contributed by atoms with E-state index in [9.17, 15) is 0 Å². The van der Waals surface area contributed by atoms with E-state index >= 15 is 0 Å². The van der Waals surface area contributed by atoms with Crippen molar-refractivity contribution in [1.82, 2.24) is 4.90 Å². The molecule has 1 aliphatic heterocycles. The van der Waals surface area contributed by atoms with Crippen LogP contribution in [0.15, 0.2) is 60.7 Å². The maximum atomic E-state index is 5.97. The zero-order chi connectivity index (χ0) is 16.1. The molecule has 0 unspecified atom stereocenters. The van der Waals surface area contributed by atoms with E-state index in [1.54, 1.807) is 0 Å². The Kier molecular flexibility index (Phi) is 5.14. The van der Waals surface area contributed by atoms with Gasteiger partial charge < -0.3 is 4.74 Å². The number of rotatable bonds is 5. The van der Waals surface area contributed by atoms with Crippen LogP contribution < -0.4 is 4.74 Å². The number of hydrogen-bond acceptors (Lipinski definition) is 2. The molecule has 0 spiro atoms. The molecule has 0 saturated carbocycles. The number of para-hydroxylation sites is 1. The minimum absolute atomic E-state index is 0.204. The summed E-state index contributed by atoms with van der Waals surface area (Å²) in [7, 11) is 0. The fraction of sp³-hybridized carbons (Fsp3) is 0.333. The average Bonchev–Trinajstić information content (AvgIpc) is 2.57. The van der Waals surface area contributed by atoms with Gasteiger partial charge >= 0.3 is 0 Å². The molecule has 23 heavy (non-hydrogen) atoms. The Morgan fingerprint density at radius 3 is 2.43 bits per heavy atom. The van der Waals surface area contributed by atoms with Gasteiger partial charge in [0.05, 0.1) is 6.10 Å². The number of nitrogens with zero attached hydrogens (tertiary/aromatic N) is 1. The summed E-state index contributed by atoms with van der Waals surface area (Å²) in [5, 5.41) is 0. The third kappa shape index (κ3) is 4.23. The summed E-state index contributed by atoms with van der Waals surface area (Å²) in [4.78, 5) is 2.49. The molecular weight excluding hydrogens is 282 g/mol. The van der Waals surface area contributed by atoms with Crippen LogP contribution >= 0.6 is 0 Å². The SMILES string of the molecule is CC(C)Oc1ccccc1C1=CCN(Cc2ccccc2)CC1. The van der Waals surface area contributed by atoms with Crippen molar-refractivity contribution in [3.8, 4) is 5.75 Å². The van der Waals surface area contributed by atoms with Gasteiger partial charge in [-0.25, -0.2) is 0 Å². The highest BCUT2D eigenvalue weighted by Crippen LogP contribution is 2.31. The van der Waals surface area contributed by atoms with Crippen LogP contribution in [0.25, 0.3) is 5.57 Å². The van der Waals surface area contributed by atoms with E-state index in [0.29, 0.717) is 0 Å². The van der Waals surface area contributed by atoms with Crippen molar-refractivity contribution in [2.24, 2.45) is 0 Å². The fourth-order valence-electron chi connectivity index (χ4n) is 3.03. The number of ether oxygens (including phenoxy) is 1. The first kappa shape index (κ1) is 15.8. The third-order valence-electron chi connectivity index (χ3n) is 4.14. The number of benzene rings is 2. The molecule has 2 aromatic carbocycles. The van der Waals surface area contributed by atoms with E-state index in [1.165, 1.54) is 16.7 Å². The number of hydrogen-bond donors (Lipinski definition) is 0. The normalized spacial score (nSPS) is 15.5.